The molecule has 0 aliphatic rings. The van der Waals surface area contributed by atoms with Crippen LogP contribution in [0.5, 0.6) is 0 Å². The second-order valence-corrected chi connectivity index (χ2v) is 3.77. The highest BCUT2D eigenvalue weighted by molar-refractivity contribution is 5.34. The average molecular weight is 211 g/mol. The lowest BCUT2D eigenvalue weighted by Crippen LogP contribution is -2.23. The van der Waals surface area contributed by atoms with Crippen LogP contribution >= 0.6 is 0 Å². The first-order valence-electron chi connectivity index (χ1n) is 5.03. The molecular formula is C12H18FNO. The summed E-state index contributed by atoms with van der Waals surface area (Å²) in [5.74, 6) is -0.163. The van der Waals surface area contributed by atoms with Crippen molar-refractivity contribution in [1.82, 2.24) is 5.32 Å². The number of benzene rings is 1. The molecule has 0 aliphatic heterocycles. The van der Waals surface area contributed by atoms with Crippen LogP contribution in [0.3, 0.4) is 0 Å². The summed E-state index contributed by atoms with van der Waals surface area (Å²) in [4.78, 5) is 0. The fraction of sp³-hybridized carbons (Fsp3) is 0.500. The van der Waals surface area contributed by atoms with Gasteiger partial charge in [0.1, 0.15) is 5.82 Å². The zero-order valence-electron chi connectivity index (χ0n) is 9.73. The Balaban J connectivity index is 3.11. The lowest BCUT2D eigenvalue weighted by molar-refractivity contribution is 0.168. The van der Waals surface area contributed by atoms with Crippen LogP contribution in [-0.4, -0.2) is 20.8 Å². The van der Waals surface area contributed by atoms with E-state index < -0.39 is 0 Å². The topological polar surface area (TPSA) is 21.3 Å². The molecule has 0 heterocycles. The Kier molecular flexibility index (Phi) is 4.24. The van der Waals surface area contributed by atoms with Gasteiger partial charge in [0.25, 0.3) is 0 Å². The van der Waals surface area contributed by atoms with E-state index in [9.17, 15) is 4.39 Å². The van der Waals surface area contributed by atoms with Gasteiger partial charge < -0.3 is 10.1 Å². The third-order valence-corrected chi connectivity index (χ3v) is 2.51. The molecule has 3 heteroatoms. The van der Waals surface area contributed by atoms with Crippen LogP contribution in [0.15, 0.2) is 12.1 Å². The minimum absolute atomic E-state index is 0.0874. The molecule has 84 valence electrons. The van der Waals surface area contributed by atoms with Crippen molar-refractivity contribution < 1.29 is 9.13 Å². The monoisotopic (exact) mass is 211 g/mol. The first kappa shape index (κ1) is 12.1. The van der Waals surface area contributed by atoms with Crippen LogP contribution in [0.2, 0.25) is 0 Å². The number of nitrogens with one attached hydrogen (secondary N) is 1. The first-order valence-corrected chi connectivity index (χ1v) is 5.03. The molecule has 0 saturated carbocycles. The lowest BCUT2D eigenvalue weighted by atomic mass is 9.99. The molecule has 2 nitrogen and oxygen atoms in total. The lowest BCUT2D eigenvalue weighted by Gasteiger charge is -2.19. The van der Waals surface area contributed by atoms with Gasteiger partial charge in [-0.05, 0) is 38.1 Å². The summed E-state index contributed by atoms with van der Waals surface area (Å²) in [6, 6.07) is 3.45. The van der Waals surface area contributed by atoms with E-state index in [0.29, 0.717) is 12.2 Å². The van der Waals surface area contributed by atoms with Crippen LogP contribution in [-0.2, 0) is 4.74 Å². The minimum atomic E-state index is -0.163. The fourth-order valence-electron chi connectivity index (χ4n) is 1.85. The van der Waals surface area contributed by atoms with Gasteiger partial charge in [0, 0.05) is 12.7 Å². The predicted octanol–water partition coefficient (Wildman–Crippen LogP) is 2.35. The van der Waals surface area contributed by atoms with E-state index in [0.717, 1.165) is 11.1 Å². The van der Waals surface area contributed by atoms with Crippen LogP contribution < -0.4 is 5.32 Å². The summed E-state index contributed by atoms with van der Waals surface area (Å²) in [6.45, 7) is 4.29. The van der Waals surface area contributed by atoms with E-state index in [-0.39, 0.29) is 11.9 Å². The Morgan fingerprint density at radius 3 is 2.53 bits per heavy atom. The Hall–Kier alpha value is -0.930. The molecule has 1 atom stereocenters. The molecule has 0 radical (unpaired) electrons. The molecule has 0 spiro atoms. The number of hydrogen-bond donors (Lipinski definition) is 1. The predicted molar refractivity (Wildman–Crippen MR) is 59.6 cm³/mol. The molecule has 0 fully saturated rings. The molecule has 0 bridgehead atoms. The second kappa shape index (κ2) is 5.24. The van der Waals surface area contributed by atoms with Crippen molar-refractivity contribution in [3.8, 4) is 0 Å². The van der Waals surface area contributed by atoms with E-state index in [1.165, 1.54) is 0 Å². The zero-order chi connectivity index (χ0) is 11.4. The van der Waals surface area contributed by atoms with Crippen molar-refractivity contribution in [2.45, 2.75) is 19.9 Å². The molecule has 1 N–H and O–H groups in total. The Morgan fingerprint density at radius 2 is 2.07 bits per heavy atom. The molecule has 0 amide bonds. The third kappa shape index (κ3) is 2.76. The smallest absolute Gasteiger partial charge is 0.128 e. The Labute approximate surface area is 90.4 Å². The van der Waals surface area contributed by atoms with Gasteiger partial charge in [-0.2, -0.15) is 0 Å². The molecule has 15 heavy (non-hydrogen) atoms. The summed E-state index contributed by atoms with van der Waals surface area (Å²) in [5.41, 5.74) is 2.61. The van der Waals surface area contributed by atoms with Gasteiger partial charge in [0.2, 0.25) is 0 Å². The van der Waals surface area contributed by atoms with Gasteiger partial charge in [-0.25, -0.2) is 4.39 Å². The van der Waals surface area contributed by atoms with Crippen molar-refractivity contribution in [3.63, 3.8) is 0 Å². The van der Waals surface area contributed by atoms with Crippen molar-refractivity contribution in [1.29, 1.82) is 0 Å². The highest BCUT2D eigenvalue weighted by atomic mass is 19.1. The number of methoxy groups -OCH3 is 1. The van der Waals surface area contributed by atoms with Gasteiger partial charge in [-0.3, -0.25) is 0 Å². The number of hydrogen-bond acceptors (Lipinski definition) is 2. The summed E-state index contributed by atoms with van der Waals surface area (Å²) in [7, 11) is 3.42. The summed E-state index contributed by atoms with van der Waals surface area (Å²) in [6.07, 6.45) is 0. The van der Waals surface area contributed by atoms with Gasteiger partial charge in [0.15, 0.2) is 0 Å². The van der Waals surface area contributed by atoms with E-state index in [2.05, 4.69) is 5.32 Å². The van der Waals surface area contributed by atoms with Crippen LogP contribution in [0.25, 0.3) is 0 Å². The van der Waals surface area contributed by atoms with Crippen LogP contribution in [0.1, 0.15) is 22.7 Å². The molecule has 0 aromatic heterocycles. The molecular weight excluding hydrogens is 193 g/mol. The number of ether oxygens (including phenoxy) is 1. The van der Waals surface area contributed by atoms with E-state index in [1.807, 2.05) is 27.0 Å². The molecule has 0 saturated heterocycles. The number of rotatable bonds is 4. The van der Waals surface area contributed by atoms with Crippen molar-refractivity contribution in [2.75, 3.05) is 20.8 Å². The maximum atomic E-state index is 13.8. The Bertz CT molecular complexity index is 315. The zero-order valence-corrected chi connectivity index (χ0v) is 9.73. The fourth-order valence-corrected chi connectivity index (χ4v) is 1.85. The molecule has 1 rings (SSSR count). The second-order valence-electron chi connectivity index (χ2n) is 3.77. The Morgan fingerprint density at radius 1 is 1.40 bits per heavy atom. The highest BCUT2D eigenvalue weighted by Gasteiger charge is 2.16. The molecule has 0 aliphatic carbocycles. The van der Waals surface area contributed by atoms with Crippen LogP contribution in [0, 0.1) is 19.7 Å². The van der Waals surface area contributed by atoms with E-state index in [1.54, 1.807) is 13.2 Å². The SMILES string of the molecule is CNC(COC)c1c(C)cc(C)cc1F. The van der Waals surface area contributed by atoms with Crippen molar-refractivity contribution in [3.05, 3.63) is 34.6 Å². The van der Waals surface area contributed by atoms with Gasteiger partial charge in [-0.1, -0.05) is 6.07 Å². The first-order chi connectivity index (χ1) is 7.10. The maximum Gasteiger partial charge on any atom is 0.128 e. The van der Waals surface area contributed by atoms with E-state index >= 15 is 0 Å². The van der Waals surface area contributed by atoms with Crippen molar-refractivity contribution in [2.24, 2.45) is 0 Å². The average Bonchev–Trinajstić information content (AvgIpc) is 2.14. The van der Waals surface area contributed by atoms with Gasteiger partial charge in [0.05, 0.1) is 12.6 Å². The van der Waals surface area contributed by atoms with E-state index in [4.69, 9.17) is 4.74 Å². The maximum absolute atomic E-state index is 13.8. The summed E-state index contributed by atoms with van der Waals surface area (Å²) >= 11 is 0. The standard InChI is InChI=1S/C12H18FNO/c1-8-5-9(2)12(10(13)6-8)11(14-3)7-15-4/h5-6,11,14H,7H2,1-4H3. The molecule has 1 aromatic rings. The number of halogens is 1. The third-order valence-electron chi connectivity index (χ3n) is 2.51. The number of aryl methyl sites for hydroxylation is 2. The normalized spacial score (nSPS) is 12.9. The quantitative estimate of drug-likeness (QED) is 0.825. The number of likely N-dealkylation sites (N-methyl/N-ethyl adjacent to an activating group) is 1. The largest absolute Gasteiger partial charge is 0.383 e. The minimum Gasteiger partial charge on any atom is -0.383 e. The summed E-state index contributed by atoms with van der Waals surface area (Å²) in [5, 5.41) is 3.06. The van der Waals surface area contributed by atoms with Crippen molar-refractivity contribution >= 4 is 0 Å². The highest BCUT2D eigenvalue weighted by Crippen LogP contribution is 2.22. The van der Waals surface area contributed by atoms with Gasteiger partial charge in [-0.15, -0.1) is 0 Å². The van der Waals surface area contributed by atoms with Gasteiger partial charge >= 0.3 is 0 Å². The molecule has 1 aromatic carbocycles. The molecule has 1 unspecified atom stereocenters. The summed E-state index contributed by atoms with van der Waals surface area (Å²) < 4.78 is 18.8. The van der Waals surface area contributed by atoms with Crippen LogP contribution in [0.4, 0.5) is 4.39 Å².